The number of nitrogens with one attached hydrogen (secondary N) is 2. The fourth-order valence-corrected chi connectivity index (χ4v) is 3.64. The van der Waals surface area contributed by atoms with Crippen LogP contribution in [0.15, 0.2) is 42.5 Å². The highest BCUT2D eigenvalue weighted by molar-refractivity contribution is 6.26. The molecule has 1 saturated heterocycles. The summed E-state index contributed by atoms with van der Waals surface area (Å²) in [4.78, 5) is 63.0. The van der Waals surface area contributed by atoms with E-state index in [0.29, 0.717) is 5.56 Å². The number of amides is 5. The van der Waals surface area contributed by atoms with E-state index in [4.69, 9.17) is 0 Å². The van der Waals surface area contributed by atoms with Crippen LogP contribution in [-0.4, -0.2) is 40.5 Å². The molecule has 0 radical (unpaired) electrons. The molecule has 2 heterocycles. The molecule has 4 rings (SSSR count). The van der Waals surface area contributed by atoms with Crippen LogP contribution in [0.2, 0.25) is 0 Å². The molecule has 1 fully saturated rings. The van der Waals surface area contributed by atoms with Crippen molar-refractivity contribution >= 4 is 35.2 Å². The third-order valence-corrected chi connectivity index (χ3v) is 5.11. The van der Waals surface area contributed by atoms with Gasteiger partial charge in [-0.25, -0.2) is 0 Å². The molecular weight excluding hydrogens is 374 g/mol. The summed E-state index contributed by atoms with van der Waals surface area (Å²) in [7, 11) is 0. The number of piperidine rings is 1. The number of carbonyl (C=O) groups excluding carboxylic acids is 5. The minimum Gasteiger partial charge on any atom is -0.321 e. The van der Waals surface area contributed by atoms with E-state index < -0.39 is 35.6 Å². The van der Waals surface area contributed by atoms with Crippen molar-refractivity contribution in [2.75, 3.05) is 5.32 Å². The molecule has 1 atom stereocenters. The molecule has 2 aromatic rings. The number of hydrogen-bond donors (Lipinski definition) is 2. The third-order valence-electron chi connectivity index (χ3n) is 5.11. The Balaban J connectivity index is 1.66. The Morgan fingerprint density at radius 3 is 2.52 bits per heavy atom. The first-order valence-electron chi connectivity index (χ1n) is 9.10. The first kappa shape index (κ1) is 18.5. The molecule has 0 bridgehead atoms. The second-order valence-corrected chi connectivity index (χ2v) is 6.94. The maximum atomic E-state index is 13.0. The number of anilines is 1. The van der Waals surface area contributed by atoms with Crippen LogP contribution in [0.4, 0.5) is 5.69 Å². The summed E-state index contributed by atoms with van der Waals surface area (Å²) in [6, 6.07) is 10.5. The van der Waals surface area contributed by atoms with Gasteiger partial charge in [-0.15, -0.1) is 0 Å². The SMILES string of the molecule is Cc1ccccc1C(=O)Nc1cccc2c1C(=O)N(C1CCC(=O)NC1=O)C2=O. The monoisotopic (exact) mass is 391 g/mol. The molecule has 2 aliphatic heterocycles. The first-order chi connectivity index (χ1) is 13.9. The van der Waals surface area contributed by atoms with E-state index in [1.165, 1.54) is 12.1 Å². The van der Waals surface area contributed by atoms with Gasteiger partial charge in [-0.1, -0.05) is 24.3 Å². The Labute approximate surface area is 165 Å². The largest absolute Gasteiger partial charge is 0.321 e. The summed E-state index contributed by atoms with van der Waals surface area (Å²) in [6.07, 6.45) is 0.113. The summed E-state index contributed by atoms with van der Waals surface area (Å²) in [5, 5.41) is 4.85. The number of aryl methyl sites for hydroxylation is 1. The maximum absolute atomic E-state index is 13.0. The fraction of sp³-hybridized carbons (Fsp3) is 0.190. The van der Waals surface area contributed by atoms with E-state index in [2.05, 4.69) is 10.6 Å². The highest BCUT2D eigenvalue weighted by atomic mass is 16.2. The van der Waals surface area contributed by atoms with Crippen LogP contribution in [-0.2, 0) is 9.59 Å². The van der Waals surface area contributed by atoms with Crippen LogP contribution in [0.25, 0.3) is 0 Å². The number of fused-ring (bicyclic) bond motifs is 1. The smallest absolute Gasteiger partial charge is 0.264 e. The van der Waals surface area contributed by atoms with Crippen molar-refractivity contribution in [1.82, 2.24) is 10.2 Å². The van der Waals surface area contributed by atoms with Gasteiger partial charge >= 0.3 is 0 Å². The van der Waals surface area contributed by atoms with Crippen LogP contribution in [0.5, 0.6) is 0 Å². The van der Waals surface area contributed by atoms with Gasteiger partial charge in [0.25, 0.3) is 17.7 Å². The molecule has 0 saturated carbocycles. The van der Waals surface area contributed by atoms with E-state index >= 15 is 0 Å². The summed E-state index contributed by atoms with van der Waals surface area (Å²) in [5.41, 5.74) is 1.57. The van der Waals surface area contributed by atoms with Gasteiger partial charge in [0, 0.05) is 12.0 Å². The maximum Gasteiger partial charge on any atom is 0.264 e. The Hall–Kier alpha value is -3.81. The average molecular weight is 391 g/mol. The minimum absolute atomic E-state index is 0.0424. The molecular formula is C21H17N3O5. The van der Waals surface area contributed by atoms with Gasteiger partial charge in [-0.3, -0.25) is 34.2 Å². The molecule has 2 N–H and O–H groups in total. The molecule has 5 amide bonds. The van der Waals surface area contributed by atoms with Gasteiger partial charge in [-0.05, 0) is 37.1 Å². The lowest BCUT2D eigenvalue weighted by molar-refractivity contribution is -0.136. The summed E-state index contributed by atoms with van der Waals surface area (Å²) < 4.78 is 0. The van der Waals surface area contributed by atoms with Crippen molar-refractivity contribution in [2.24, 2.45) is 0 Å². The van der Waals surface area contributed by atoms with Gasteiger partial charge in [0.15, 0.2) is 0 Å². The Kier molecular flexibility index (Phi) is 4.46. The second kappa shape index (κ2) is 6.97. The summed E-state index contributed by atoms with van der Waals surface area (Å²) in [6.45, 7) is 1.80. The van der Waals surface area contributed by atoms with Crippen molar-refractivity contribution < 1.29 is 24.0 Å². The van der Waals surface area contributed by atoms with Gasteiger partial charge < -0.3 is 5.32 Å². The minimum atomic E-state index is -1.06. The number of benzene rings is 2. The molecule has 0 aliphatic carbocycles. The summed E-state index contributed by atoms with van der Waals surface area (Å²) >= 11 is 0. The predicted octanol–water partition coefficient (Wildman–Crippen LogP) is 1.65. The quantitative estimate of drug-likeness (QED) is 0.773. The van der Waals surface area contributed by atoms with Crippen molar-refractivity contribution in [1.29, 1.82) is 0 Å². The van der Waals surface area contributed by atoms with Gasteiger partial charge in [-0.2, -0.15) is 0 Å². The number of imide groups is 2. The highest BCUT2D eigenvalue weighted by Gasteiger charge is 2.45. The number of hydrogen-bond acceptors (Lipinski definition) is 5. The van der Waals surface area contributed by atoms with E-state index in [1.807, 2.05) is 6.07 Å². The van der Waals surface area contributed by atoms with Gasteiger partial charge in [0.2, 0.25) is 11.8 Å². The molecule has 2 aliphatic rings. The van der Waals surface area contributed by atoms with Crippen molar-refractivity contribution in [2.45, 2.75) is 25.8 Å². The zero-order chi connectivity index (χ0) is 20.7. The lowest BCUT2D eigenvalue weighted by Gasteiger charge is -2.27. The first-order valence-corrected chi connectivity index (χ1v) is 9.10. The molecule has 146 valence electrons. The van der Waals surface area contributed by atoms with E-state index in [1.54, 1.807) is 31.2 Å². The van der Waals surface area contributed by atoms with Crippen LogP contribution in [0.1, 0.15) is 49.5 Å². The van der Waals surface area contributed by atoms with E-state index in [9.17, 15) is 24.0 Å². The van der Waals surface area contributed by atoms with E-state index in [-0.39, 0.29) is 29.7 Å². The molecule has 8 heteroatoms. The Bertz CT molecular complexity index is 1090. The normalized spacial score (nSPS) is 18.5. The van der Waals surface area contributed by atoms with Crippen LogP contribution in [0, 0.1) is 6.92 Å². The predicted molar refractivity (Wildman–Crippen MR) is 102 cm³/mol. The number of carbonyl (C=O) groups is 5. The lowest BCUT2D eigenvalue weighted by Crippen LogP contribution is -2.54. The van der Waals surface area contributed by atoms with Crippen molar-refractivity contribution in [3.05, 3.63) is 64.7 Å². The van der Waals surface area contributed by atoms with Crippen LogP contribution < -0.4 is 10.6 Å². The van der Waals surface area contributed by atoms with E-state index in [0.717, 1.165) is 10.5 Å². The topological polar surface area (TPSA) is 113 Å². The fourth-order valence-electron chi connectivity index (χ4n) is 3.64. The molecule has 1 unspecified atom stereocenters. The third kappa shape index (κ3) is 3.08. The van der Waals surface area contributed by atoms with Crippen molar-refractivity contribution in [3.63, 3.8) is 0 Å². The summed E-state index contributed by atoms with van der Waals surface area (Å²) in [5.74, 6) is -2.81. The zero-order valence-electron chi connectivity index (χ0n) is 15.5. The molecule has 2 aromatic carbocycles. The number of nitrogens with zero attached hydrogens (tertiary/aromatic N) is 1. The average Bonchev–Trinajstić information content (AvgIpc) is 2.94. The highest BCUT2D eigenvalue weighted by Crippen LogP contribution is 2.32. The van der Waals surface area contributed by atoms with Crippen molar-refractivity contribution in [3.8, 4) is 0 Å². The zero-order valence-corrected chi connectivity index (χ0v) is 15.5. The molecule has 29 heavy (non-hydrogen) atoms. The standard InChI is InChI=1S/C21H17N3O5/c1-11-5-2-3-6-12(11)18(26)22-14-8-4-7-13-17(14)21(29)24(20(13)28)15-9-10-16(25)23-19(15)27/h2-8,15H,9-10H2,1H3,(H,22,26)(H,23,25,27). The molecule has 8 nitrogen and oxygen atoms in total. The molecule has 0 spiro atoms. The van der Waals surface area contributed by atoms with Crippen LogP contribution >= 0.6 is 0 Å². The Morgan fingerprint density at radius 1 is 1.03 bits per heavy atom. The van der Waals surface area contributed by atoms with Crippen LogP contribution in [0.3, 0.4) is 0 Å². The lowest BCUT2D eigenvalue weighted by atomic mass is 10.0. The molecule has 0 aromatic heterocycles. The Morgan fingerprint density at radius 2 is 1.79 bits per heavy atom. The van der Waals surface area contributed by atoms with Gasteiger partial charge in [0.1, 0.15) is 6.04 Å². The number of rotatable bonds is 3. The second-order valence-electron chi connectivity index (χ2n) is 6.94. The van der Waals surface area contributed by atoms with Gasteiger partial charge in [0.05, 0.1) is 16.8 Å².